The van der Waals surface area contributed by atoms with Gasteiger partial charge in [-0.25, -0.2) is 9.97 Å². The second kappa shape index (κ2) is 13.0. The number of nitrogens with zero attached hydrogens (tertiary/aromatic N) is 6. The molecule has 0 bridgehead atoms. The highest BCUT2D eigenvalue weighted by Crippen LogP contribution is 2.41. The van der Waals surface area contributed by atoms with E-state index in [0.29, 0.717) is 34.7 Å². The zero-order valence-corrected chi connectivity index (χ0v) is 29.9. The van der Waals surface area contributed by atoms with Gasteiger partial charge in [-0.2, -0.15) is 15.0 Å². The smallest absolute Gasteiger partial charge is 0.238 e. The molecular formula is C49H30N6O. The van der Waals surface area contributed by atoms with Crippen LogP contribution in [0.15, 0.2) is 186 Å². The Kier molecular flexibility index (Phi) is 7.35. The first kappa shape index (κ1) is 31.7. The maximum Gasteiger partial charge on any atom is 0.238 e. The molecule has 0 aliphatic carbocycles. The lowest BCUT2D eigenvalue weighted by molar-refractivity contribution is 0.654. The highest BCUT2D eigenvalue weighted by atomic mass is 16.3. The van der Waals surface area contributed by atoms with Crippen molar-refractivity contribution in [3.63, 3.8) is 0 Å². The summed E-state index contributed by atoms with van der Waals surface area (Å²) in [4.78, 5) is 25.5. The van der Waals surface area contributed by atoms with Gasteiger partial charge < -0.3 is 4.42 Å². The lowest BCUT2D eigenvalue weighted by Gasteiger charge is -2.10. The molecule has 0 aliphatic rings. The number of fused-ring (bicyclic) bond motifs is 6. The van der Waals surface area contributed by atoms with E-state index in [1.165, 1.54) is 0 Å². The van der Waals surface area contributed by atoms with E-state index in [2.05, 4.69) is 95.6 Å². The van der Waals surface area contributed by atoms with Crippen molar-refractivity contribution in [2.45, 2.75) is 0 Å². The van der Waals surface area contributed by atoms with Crippen molar-refractivity contribution < 1.29 is 4.42 Å². The van der Waals surface area contributed by atoms with Crippen molar-refractivity contribution in [2.24, 2.45) is 0 Å². The van der Waals surface area contributed by atoms with Crippen LogP contribution in [0.25, 0.3) is 106 Å². The summed E-state index contributed by atoms with van der Waals surface area (Å²) in [5.74, 6) is 2.31. The standard InChI is InChI=1S/C49H30N6O/c1-5-15-31(16-6-1)32-25-27-36(28-26-32)45-50-44(33-17-7-2-8-18-33)43-39-29-38-37-23-13-14-24-40(37)55(41(38)30-42(39)56-48(43)52-45)49-53-46(34-19-9-3-10-20-34)51-47(54-49)35-21-11-4-12-22-35/h1-30H. The lowest BCUT2D eigenvalue weighted by atomic mass is 10.0. The first-order valence-corrected chi connectivity index (χ1v) is 18.5. The van der Waals surface area contributed by atoms with E-state index in [-0.39, 0.29) is 0 Å². The van der Waals surface area contributed by atoms with Crippen molar-refractivity contribution in [1.29, 1.82) is 0 Å². The molecule has 11 rings (SSSR count). The molecule has 0 amide bonds. The van der Waals surface area contributed by atoms with Gasteiger partial charge in [0.25, 0.3) is 0 Å². The second-order valence-electron chi connectivity index (χ2n) is 13.7. The normalized spacial score (nSPS) is 11.6. The lowest BCUT2D eigenvalue weighted by Crippen LogP contribution is -2.06. The van der Waals surface area contributed by atoms with Crippen LogP contribution in [0.2, 0.25) is 0 Å². The van der Waals surface area contributed by atoms with Crippen LogP contribution >= 0.6 is 0 Å². The molecule has 7 nitrogen and oxygen atoms in total. The molecule has 0 atom stereocenters. The Labute approximate surface area is 321 Å². The molecule has 0 spiro atoms. The Morgan fingerprint density at radius 3 is 1.50 bits per heavy atom. The van der Waals surface area contributed by atoms with E-state index in [9.17, 15) is 0 Å². The van der Waals surface area contributed by atoms with Crippen LogP contribution in [-0.2, 0) is 0 Å². The SMILES string of the molecule is c1ccc(-c2ccc(-c3nc(-c4ccccc4)c4c(n3)oc3cc5c(cc34)c3ccccc3n5-c3nc(-c4ccccc4)nc(-c4ccccc4)n3)cc2)cc1. The zero-order valence-electron chi connectivity index (χ0n) is 29.9. The molecule has 0 fully saturated rings. The molecule has 0 aliphatic heterocycles. The first-order chi connectivity index (χ1) is 27.7. The Morgan fingerprint density at radius 2 is 0.857 bits per heavy atom. The number of hydrogen-bond donors (Lipinski definition) is 0. The van der Waals surface area contributed by atoms with Gasteiger partial charge in [-0.3, -0.25) is 4.57 Å². The van der Waals surface area contributed by atoms with E-state index in [4.69, 9.17) is 29.3 Å². The first-order valence-electron chi connectivity index (χ1n) is 18.5. The molecule has 7 aromatic carbocycles. The molecular weight excluding hydrogens is 689 g/mol. The molecule has 4 heterocycles. The predicted octanol–water partition coefficient (Wildman–Crippen LogP) is 12.0. The summed E-state index contributed by atoms with van der Waals surface area (Å²) in [5.41, 5.74) is 9.92. The van der Waals surface area contributed by atoms with E-state index in [0.717, 1.165) is 71.7 Å². The predicted molar refractivity (Wildman–Crippen MR) is 224 cm³/mol. The van der Waals surface area contributed by atoms with E-state index in [1.807, 2.05) is 91.0 Å². The summed E-state index contributed by atoms with van der Waals surface area (Å²) in [6.07, 6.45) is 0. The van der Waals surface area contributed by atoms with Crippen molar-refractivity contribution in [3.05, 3.63) is 182 Å². The number of benzene rings is 7. The quantitative estimate of drug-likeness (QED) is 0.170. The van der Waals surface area contributed by atoms with Crippen LogP contribution in [0.4, 0.5) is 0 Å². The minimum Gasteiger partial charge on any atom is -0.437 e. The van der Waals surface area contributed by atoms with Gasteiger partial charge in [0.15, 0.2) is 17.5 Å². The molecule has 0 unspecified atom stereocenters. The van der Waals surface area contributed by atoms with Crippen LogP contribution in [0.5, 0.6) is 0 Å². The van der Waals surface area contributed by atoms with Crippen LogP contribution < -0.4 is 0 Å². The Balaban J connectivity index is 1.15. The molecule has 0 saturated heterocycles. The fourth-order valence-corrected chi connectivity index (χ4v) is 7.63. The number of para-hydroxylation sites is 1. The van der Waals surface area contributed by atoms with Crippen molar-refractivity contribution >= 4 is 43.9 Å². The maximum atomic E-state index is 6.73. The van der Waals surface area contributed by atoms with Gasteiger partial charge in [-0.15, -0.1) is 0 Å². The highest BCUT2D eigenvalue weighted by Gasteiger charge is 2.23. The maximum absolute atomic E-state index is 6.73. The Bertz CT molecular complexity index is 3160. The topological polar surface area (TPSA) is 82.5 Å². The average molecular weight is 719 g/mol. The Hall–Kier alpha value is -7.77. The molecule has 4 aromatic heterocycles. The third-order valence-electron chi connectivity index (χ3n) is 10.3. The molecule has 0 radical (unpaired) electrons. The van der Waals surface area contributed by atoms with Gasteiger partial charge in [0.1, 0.15) is 5.58 Å². The van der Waals surface area contributed by atoms with Crippen LogP contribution in [0.3, 0.4) is 0 Å². The average Bonchev–Trinajstić information content (AvgIpc) is 3.81. The minimum absolute atomic E-state index is 0.519. The summed E-state index contributed by atoms with van der Waals surface area (Å²) in [6.45, 7) is 0. The van der Waals surface area contributed by atoms with Crippen LogP contribution in [-0.4, -0.2) is 29.5 Å². The molecule has 262 valence electrons. The summed E-state index contributed by atoms with van der Waals surface area (Å²) in [6, 6.07) is 61.7. The van der Waals surface area contributed by atoms with E-state index < -0.39 is 0 Å². The fourth-order valence-electron chi connectivity index (χ4n) is 7.63. The summed E-state index contributed by atoms with van der Waals surface area (Å²) >= 11 is 0. The molecule has 0 saturated carbocycles. The van der Waals surface area contributed by atoms with Gasteiger partial charge in [-0.05, 0) is 23.3 Å². The van der Waals surface area contributed by atoms with Gasteiger partial charge in [-0.1, -0.05) is 164 Å². The summed E-state index contributed by atoms with van der Waals surface area (Å²) in [7, 11) is 0. The zero-order chi connectivity index (χ0) is 37.0. The molecule has 56 heavy (non-hydrogen) atoms. The van der Waals surface area contributed by atoms with Gasteiger partial charge in [0, 0.05) is 44.5 Å². The number of rotatable bonds is 6. The number of furan rings is 1. The summed E-state index contributed by atoms with van der Waals surface area (Å²) in [5, 5.41) is 3.91. The molecule has 0 N–H and O–H groups in total. The third kappa shape index (κ3) is 5.33. The van der Waals surface area contributed by atoms with E-state index >= 15 is 0 Å². The number of aromatic nitrogens is 6. The fraction of sp³-hybridized carbons (Fsp3) is 0. The van der Waals surface area contributed by atoms with Crippen LogP contribution in [0, 0.1) is 0 Å². The monoisotopic (exact) mass is 718 g/mol. The van der Waals surface area contributed by atoms with Gasteiger partial charge in [0.05, 0.1) is 22.1 Å². The van der Waals surface area contributed by atoms with Crippen LogP contribution in [0.1, 0.15) is 0 Å². The van der Waals surface area contributed by atoms with Crippen molar-refractivity contribution in [3.8, 4) is 62.5 Å². The molecule has 7 heteroatoms. The van der Waals surface area contributed by atoms with Crippen molar-refractivity contribution in [2.75, 3.05) is 0 Å². The largest absolute Gasteiger partial charge is 0.437 e. The Morgan fingerprint density at radius 1 is 0.357 bits per heavy atom. The summed E-state index contributed by atoms with van der Waals surface area (Å²) < 4.78 is 8.85. The van der Waals surface area contributed by atoms with Crippen molar-refractivity contribution in [1.82, 2.24) is 29.5 Å². The molecule has 11 aromatic rings. The van der Waals surface area contributed by atoms with Gasteiger partial charge in [0.2, 0.25) is 11.7 Å². The van der Waals surface area contributed by atoms with Gasteiger partial charge >= 0.3 is 0 Å². The third-order valence-corrected chi connectivity index (χ3v) is 10.3. The minimum atomic E-state index is 0.519. The second-order valence-corrected chi connectivity index (χ2v) is 13.7. The number of hydrogen-bond acceptors (Lipinski definition) is 6. The highest BCUT2D eigenvalue weighted by molar-refractivity contribution is 6.19. The van der Waals surface area contributed by atoms with E-state index in [1.54, 1.807) is 0 Å².